The van der Waals surface area contributed by atoms with E-state index < -0.39 is 26.5 Å². The third-order valence-corrected chi connectivity index (χ3v) is 7.58. The van der Waals surface area contributed by atoms with Crippen molar-refractivity contribution in [3.8, 4) is 11.4 Å². The van der Waals surface area contributed by atoms with Gasteiger partial charge >= 0.3 is 0 Å². The smallest absolute Gasteiger partial charge is 0.283 e. The van der Waals surface area contributed by atoms with Crippen LogP contribution >= 0.6 is 11.3 Å². The van der Waals surface area contributed by atoms with Crippen molar-refractivity contribution in [1.29, 1.82) is 0 Å². The molecule has 0 amide bonds. The van der Waals surface area contributed by atoms with E-state index in [4.69, 9.17) is 0 Å². The molecular formula is C29H21N5O7S. The maximum atomic E-state index is 13.9. The minimum absolute atomic E-state index is 0.0145. The number of nitrogens with zero attached hydrogens (tertiary/aromatic N) is 5. The number of hydrogen-bond donors (Lipinski definition) is 0. The third kappa shape index (κ3) is 5.11. The first-order chi connectivity index (χ1) is 20.1. The zero-order chi connectivity index (χ0) is 30.1. The van der Waals surface area contributed by atoms with Crippen LogP contribution in [0.3, 0.4) is 0 Å². The second-order valence-electron chi connectivity index (χ2n) is 9.18. The van der Waals surface area contributed by atoms with Crippen molar-refractivity contribution < 1.29 is 9.85 Å². The molecule has 0 aliphatic heterocycles. The van der Waals surface area contributed by atoms with E-state index in [-0.39, 0.29) is 26.1 Å². The van der Waals surface area contributed by atoms with E-state index in [1.54, 1.807) is 56.4 Å². The van der Waals surface area contributed by atoms with Crippen molar-refractivity contribution in [3.63, 3.8) is 0 Å². The molecule has 5 aromatic rings. The molecule has 42 heavy (non-hydrogen) atoms. The summed E-state index contributed by atoms with van der Waals surface area (Å²) in [5.74, 6) is 0. The van der Waals surface area contributed by atoms with Crippen molar-refractivity contribution in [2.45, 2.75) is 6.92 Å². The fourth-order valence-corrected chi connectivity index (χ4v) is 5.46. The molecule has 0 spiro atoms. The summed E-state index contributed by atoms with van der Waals surface area (Å²) >= 11 is 0.810. The Morgan fingerprint density at radius 2 is 1.21 bits per heavy atom. The van der Waals surface area contributed by atoms with Gasteiger partial charge in [0.15, 0.2) is 0 Å². The molecule has 12 nitrogen and oxygen atoms in total. The molecule has 0 unspecified atom stereocenters. The van der Waals surface area contributed by atoms with Gasteiger partial charge in [0.2, 0.25) is 0 Å². The highest BCUT2D eigenvalue weighted by atomic mass is 32.1. The first kappa shape index (κ1) is 27.9. The first-order valence-electron chi connectivity index (χ1n) is 12.4. The summed E-state index contributed by atoms with van der Waals surface area (Å²) < 4.78 is 3.69. The summed E-state index contributed by atoms with van der Waals surface area (Å²) in [5, 5.41) is 22.6. The van der Waals surface area contributed by atoms with Crippen molar-refractivity contribution >= 4 is 34.9 Å². The van der Waals surface area contributed by atoms with Gasteiger partial charge in [-0.25, -0.2) is 9.25 Å². The van der Waals surface area contributed by atoms with Crippen molar-refractivity contribution in [2.75, 3.05) is 0 Å². The van der Waals surface area contributed by atoms with Crippen LogP contribution in [0.2, 0.25) is 0 Å². The normalized spacial score (nSPS) is 12.0. The fourth-order valence-electron chi connectivity index (χ4n) is 4.47. The summed E-state index contributed by atoms with van der Waals surface area (Å²) in [6.45, 7) is 1.60. The number of hydrogen-bond acceptors (Lipinski definition) is 8. The Labute approximate surface area is 239 Å². The van der Waals surface area contributed by atoms with E-state index in [1.165, 1.54) is 57.9 Å². The predicted molar refractivity (Wildman–Crippen MR) is 158 cm³/mol. The molecule has 0 radical (unpaired) electrons. The van der Waals surface area contributed by atoms with Gasteiger partial charge in [0.05, 0.1) is 30.3 Å². The zero-order valence-corrected chi connectivity index (χ0v) is 23.0. The second kappa shape index (κ2) is 11.1. The Morgan fingerprint density at radius 1 is 0.714 bits per heavy atom. The lowest BCUT2D eigenvalue weighted by molar-refractivity contribution is -0.385. The lowest BCUT2D eigenvalue weighted by Gasteiger charge is -2.07. The highest BCUT2D eigenvalue weighted by Crippen LogP contribution is 2.15. The number of aromatic nitrogens is 3. The summed E-state index contributed by atoms with van der Waals surface area (Å²) in [6, 6.07) is 19.9. The third-order valence-electron chi connectivity index (χ3n) is 6.55. The van der Waals surface area contributed by atoms with Gasteiger partial charge in [0.25, 0.3) is 28.1 Å². The first-order valence-corrected chi connectivity index (χ1v) is 13.2. The van der Waals surface area contributed by atoms with Gasteiger partial charge in [-0.1, -0.05) is 42.5 Å². The van der Waals surface area contributed by atoms with Gasteiger partial charge in [-0.3, -0.25) is 39.3 Å². The lowest BCUT2D eigenvalue weighted by Crippen LogP contribution is -2.48. The van der Waals surface area contributed by atoms with E-state index in [2.05, 4.69) is 0 Å². The molecule has 2 aromatic heterocycles. The number of benzene rings is 3. The van der Waals surface area contributed by atoms with Crippen LogP contribution < -0.4 is 25.7 Å². The molecule has 0 atom stereocenters. The lowest BCUT2D eigenvalue weighted by atomic mass is 10.2. The average Bonchev–Trinajstić information content (AvgIpc) is 3.19. The SMILES string of the molecule is Cc1c(-n2c(=O)c(=Cc3cccc([N+](=O)[O-])c3)sc(=Cc3cccc([N+](=O)[O-])c3)c2=O)c(=O)n(-c2ccccc2)n1C. The minimum Gasteiger partial charge on any atom is -0.283 e. The topological polar surface area (TPSA) is 152 Å². The average molecular weight is 584 g/mol. The van der Waals surface area contributed by atoms with Crippen LogP contribution in [-0.2, 0) is 7.05 Å². The van der Waals surface area contributed by atoms with Crippen LogP contribution in [0, 0.1) is 27.2 Å². The standard InChI is InChI=1S/C29H21N5O7S/c1-18-26(29(37)32(30(18)2)21-10-4-3-5-11-21)31-27(35)24(16-19-8-6-12-22(14-19)33(38)39)42-25(28(31)36)17-20-9-7-13-23(15-20)34(40)41/h3-17H,1-2H3. The number of para-hydroxylation sites is 1. The molecule has 0 saturated heterocycles. The highest BCUT2D eigenvalue weighted by Gasteiger charge is 2.22. The minimum atomic E-state index is -0.793. The van der Waals surface area contributed by atoms with Crippen LogP contribution in [0.25, 0.3) is 23.5 Å². The largest absolute Gasteiger partial charge is 0.296 e. The van der Waals surface area contributed by atoms with Crippen LogP contribution in [-0.4, -0.2) is 23.8 Å². The summed E-state index contributed by atoms with van der Waals surface area (Å²) in [4.78, 5) is 63.0. The summed E-state index contributed by atoms with van der Waals surface area (Å²) in [6.07, 6.45) is 2.80. The fraction of sp³-hybridized carbons (Fsp3) is 0.0690. The van der Waals surface area contributed by atoms with Gasteiger partial charge in [0.1, 0.15) is 5.69 Å². The van der Waals surface area contributed by atoms with E-state index in [0.717, 1.165) is 15.9 Å². The highest BCUT2D eigenvalue weighted by molar-refractivity contribution is 7.07. The quantitative estimate of drug-likeness (QED) is 0.220. The van der Waals surface area contributed by atoms with Crippen LogP contribution in [0.4, 0.5) is 11.4 Å². The molecule has 0 N–H and O–H groups in total. The Hall–Kier alpha value is -5.69. The summed E-state index contributed by atoms with van der Waals surface area (Å²) in [7, 11) is 1.63. The zero-order valence-electron chi connectivity index (χ0n) is 22.2. The van der Waals surface area contributed by atoms with E-state index >= 15 is 0 Å². The van der Waals surface area contributed by atoms with Crippen LogP contribution in [0.1, 0.15) is 16.8 Å². The number of non-ortho nitro benzene ring substituents is 2. The van der Waals surface area contributed by atoms with Gasteiger partial charge < -0.3 is 0 Å². The molecule has 13 heteroatoms. The van der Waals surface area contributed by atoms with Gasteiger partial charge in [0, 0.05) is 31.3 Å². The van der Waals surface area contributed by atoms with Crippen LogP contribution in [0.15, 0.2) is 93.2 Å². The molecule has 210 valence electrons. The van der Waals surface area contributed by atoms with E-state index in [9.17, 15) is 34.6 Å². The van der Waals surface area contributed by atoms with E-state index in [0.29, 0.717) is 22.5 Å². The molecule has 0 bridgehead atoms. The second-order valence-corrected chi connectivity index (χ2v) is 10.3. The Bertz CT molecular complexity index is 2090. The van der Waals surface area contributed by atoms with Crippen molar-refractivity contribution in [3.05, 3.63) is 156 Å². The maximum absolute atomic E-state index is 13.9. The van der Waals surface area contributed by atoms with Crippen molar-refractivity contribution in [1.82, 2.24) is 13.9 Å². The molecule has 0 aliphatic rings. The molecule has 2 heterocycles. The molecule has 3 aromatic carbocycles. The molecular weight excluding hydrogens is 562 g/mol. The Kier molecular flexibility index (Phi) is 7.34. The van der Waals surface area contributed by atoms with Gasteiger partial charge in [-0.15, -0.1) is 11.3 Å². The number of nitro benzene ring substituents is 2. The molecule has 0 fully saturated rings. The number of rotatable bonds is 6. The van der Waals surface area contributed by atoms with Gasteiger partial charge in [-0.05, 0) is 42.3 Å². The number of nitro groups is 2. The molecule has 0 saturated carbocycles. The molecule has 0 aliphatic carbocycles. The predicted octanol–water partition coefficient (Wildman–Crippen LogP) is 2.53. The van der Waals surface area contributed by atoms with Gasteiger partial charge in [-0.2, -0.15) is 0 Å². The maximum Gasteiger partial charge on any atom is 0.296 e. The van der Waals surface area contributed by atoms with E-state index in [1.807, 2.05) is 0 Å². The summed E-state index contributed by atoms with van der Waals surface area (Å²) in [5.41, 5.74) is -1.23. The van der Waals surface area contributed by atoms with Crippen molar-refractivity contribution in [2.24, 2.45) is 7.05 Å². The Balaban J connectivity index is 1.88. The van der Waals surface area contributed by atoms with Crippen LogP contribution in [0.5, 0.6) is 0 Å². The Morgan fingerprint density at radius 3 is 1.69 bits per heavy atom. The monoisotopic (exact) mass is 583 g/mol. The molecule has 5 rings (SSSR count).